The number of benzene rings is 2. The molecule has 0 aliphatic rings. The zero-order valence-corrected chi connectivity index (χ0v) is 15.1. The Kier molecular flexibility index (Phi) is 6.54. The van der Waals surface area contributed by atoms with Crippen molar-refractivity contribution in [3.63, 3.8) is 0 Å². The van der Waals surface area contributed by atoms with Gasteiger partial charge in [-0.25, -0.2) is 8.42 Å². The van der Waals surface area contributed by atoms with Crippen molar-refractivity contribution in [2.45, 2.75) is 23.8 Å². The first-order valence-corrected chi connectivity index (χ1v) is 9.55. The molecule has 0 saturated carbocycles. The number of hydrogen-bond donors (Lipinski definition) is 4. The monoisotopic (exact) mass is 392 g/mol. The van der Waals surface area contributed by atoms with Gasteiger partial charge < -0.3 is 15.9 Å². The standard InChI is InChI=1S/C18H20N2O6S/c19-16(18(23)24)11-13(17(21)22)10-12-6-8-14(9-7-12)20-27(25,26)15-4-2-1-3-5-15/h1-9,13,16,20H,10-11,19H2,(H,21,22)(H,23,24)/t13-,16+/m0/s1. The highest BCUT2D eigenvalue weighted by molar-refractivity contribution is 7.92. The van der Waals surface area contributed by atoms with Crippen LogP contribution in [0.2, 0.25) is 0 Å². The molecule has 2 aromatic carbocycles. The van der Waals surface area contributed by atoms with E-state index in [-0.39, 0.29) is 17.7 Å². The van der Waals surface area contributed by atoms with E-state index in [1.165, 1.54) is 24.3 Å². The molecular formula is C18H20N2O6S. The van der Waals surface area contributed by atoms with E-state index in [4.69, 9.17) is 10.8 Å². The average molecular weight is 392 g/mol. The largest absolute Gasteiger partial charge is 0.481 e. The van der Waals surface area contributed by atoms with E-state index in [0.29, 0.717) is 11.3 Å². The highest BCUT2D eigenvalue weighted by Crippen LogP contribution is 2.19. The molecule has 0 bridgehead atoms. The third-order valence-corrected chi connectivity index (χ3v) is 5.34. The van der Waals surface area contributed by atoms with Crippen LogP contribution < -0.4 is 10.5 Å². The van der Waals surface area contributed by atoms with Crippen LogP contribution in [0.25, 0.3) is 0 Å². The van der Waals surface area contributed by atoms with Crippen molar-refractivity contribution >= 4 is 27.6 Å². The van der Waals surface area contributed by atoms with Crippen molar-refractivity contribution in [2.24, 2.45) is 11.7 Å². The molecule has 0 fully saturated rings. The van der Waals surface area contributed by atoms with Gasteiger partial charge >= 0.3 is 11.9 Å². The molecule has 0 saturated heterocycles. The Morgan fingerprint density at radius 3 is 2.07 bits per heavy atom. The number of aliphatic carboxylic acids is 2. The van der Waals surface area contributed by atoms with Gasteiger partial charge in [0, 0.05) is 5.69 Å². The molecule has 5 N–H and O–H groups in total. The molecule has 144 valence electrons. The lowest BCUT2D eigenvalue weighted by Crippen LogP contribution is -2.35. The molecule has 0 amide bonds. The van der Waals surface area contributed by atoms with Crippen LogP contribution in [0.15, 0.2) is 59.5 Å². The van der Waals surface area contributed by atoms with Crippen LogP contribution in [-0.4, -0.2) is 36.6 Å². The summed E-state index contributed by atoms with van der Waals surface area (Å²) < 4.78 is 27.0. The number of carboxylic acid groups (broad SMARTS) is 2. The summed E-state index contributed by atoms with van der Waals surface area (Å²) in [6.07, 6.45) is -0.116. The minimum Gasteiger partial charge on any atom is -0.481 e. The summed E-state index contributed by atoms with van der Waals surface area (Å²) >= 11 is 0. The van der Waals surface area contributed by atoms with Crippen molar-refractivity contribution in [1.82, 2.24) is 0 Å². The van der Waals surface area contributed by atoms with Gasteiger partial charge in [-0.1, -0.05) is 30.3 Å². The van der Waals surface area contributed by atoms with Crippen LogP contribution in [-0.2, 0) is 26.0 Å². The van der Waals surface area contributed by atoms with Gasteiger partial charge in [-0.2, -0.15) is 0 Å². The summed E-state index contributed by atoms with van der Waals surface area (Å²) in [7, 11) is -3.71. The van der Waals surface area contributed by atoms with Crippen LogP contribution in [0.4, 0.5) is 5.69 Å². The SMILES string of the molecule is N[C@H](C[C@H](Cc1ccc(NS(=O)(=O)c2ccccc2)cc1)C(=O)O)C(=O)O. The molecule has 0 radical (unpaired) electrons. The van der Waals surface area contributed by atoms with Gasteiger partial charge in [0.1, 0.15) is 6.04 Å². The van der Waals surface area contributed by atoms with E-state index in [1.807, 2.05) is 0 Å². The predicted octanol–water partition coefficient (Wildman–Crippen LogP) is 1.53. The quantitative estimate of drug-likeness (QED) is 0.506. The number of carboxylic acids is 2. The van der Waals surface area contributed by atoms with E-state index in [2.05, 4.69) is 4.72 Å². The first kappa shape index (κ1) is 20.4. The lowest BCUT2D eigenvalue weighted by molar-refractivity contribution is -0.143. The average Bonchev–Trinajstić information content (AvgIpc) is 2.63. The number of rotatable bonds is 9. The number of nitrogens with one attached hydrogen (secondary N) is 1. The molecule has 0 aromatic heterocycles. The zero-order valence-electron chi connectivity index (χ0n) is 14.3. The number of anilines is 1. The third-order valence-electron chi connectivity index (χ3n) is 3.95. The second-order valence-corrected chi connectivity index (χ2v) is 7.72. The van der Waals surface area contributed by atoms with Crippen LogP contribution in [0.3, 0.4) is 0 Å². The first-order chi connectivity index (χ1) is 12.7. The molecule has 0 heterocycles. The zero-order chi connectivity index (χ0) is 20.0. The summed E-state index contributed by atoms with van der Waals surface area (Å²) in [4.78, 5) is 22.3. The maximum absolute atomic E-state index is 12.3. The molecule has 2 atom stereocenters. The second-order valence-electron chi connectivity index (χ2n) is 6.04. The molecule has 9 heteroatoms. The third kappa shape index (κ3) is 5.80. The summed E-state index contributed by atoms with van der Waals surface area (Å²) in [5.74, 6) is -3.35. The Morgan fingerprint density at radius 2 is 1.56 bits per heavy atom. The van der Waals surface area contributed by atoms with E-state index in [1.54, 1.807) is 30.3 Å². The van der Waals surface area contributed by atoms with Gasteiger partial charge in [-0.15, -0.1) is 0 Å². The topological polar surface area (TPSA) is 147 Å². The molecule has 8 nitrogen and oxygen atoms in total. The number of carbonyl (C=O) groups is 2. The molecule has 0 aliphatic carbocycles. The van der Waals surface area contributed by atoms with Crippen LogP contribution >= 0.6 is 0 Å². The Morgan fingerprint density at radius 1 is 0.963 bits per heavy atom. The number of nitrogens with two attached hydrogens (primary N) is 1. The molecule has 2 aromatic rings. The van der Waals surface area contributed by atoms with Gasteiger partial charge in [-0.3, -0.25) is 14.3 Å². The van der Waals surface area contributed by atoms with Crippen molar-refractivity contribution in [3.05, 3.63) is 60.2 Å². The minimum atomic E-state index is -3.71. The summed E-state index contributed by atoms with van der Waals surface area (Å²) in [5.41, 5.74) is 6.38. The fraction of sp³-hybridized carbons (Fsp3) is 0.222. The van der Waals surface area contributed by atoms with Crippen molar-refractivity contribution in [1.29, 1.82) is 0 Å². The van der Waals surface area contributed by atoms with Crippen molar-refractivity contribution in [3.8, 4) is 0 Å². The Balaban J connectivity index is 2.08. The molecule has 27 heavy (non-hydrogen) atoms. The highest BCUT2D eigenvalue weighted by atomic mass is 32.2. The number of hydrogen-bond acceptors (Lipinski definition) is 5. The van der Waals surface area contributed by atoms with E-state index in [0.717, 1.165) is 0 Å². The van der Waals surface area contributed by atoms with E-state index < -0.39 is 33.9 Å². The lowest BCUT2D eigenvalue weighted by Gasteiger charge is -2.15. The molecule has 0 spiro atoms. The summed E-state index contributed by atoms with van der Waals surface area (Å²) in [5, 5.41) is 18.1. The normalized spacial score (nSPS) is 13.5. The van der Waals surface area contributed by atoms with Gasteiger partial charge in [0.05, 0.1) is 10.8 Å². The van der Waals surface area contributed by atoms with E-state index >= 15 is 0 Å². The van der Waals surface area contributed by atoms with Crippen molar-refractivity contribution < 1.29 is 28.2 Å². The fourth-order valence-corrected chi connectivity index (χ4v) is 3.57. The first-order valence-electron chi connectivity index (χ1n) is 8.07. The summed E-state index contributed by atoms with van der Waals surface area (Å²) in [6, 6.07) is 12.8. The van der Waals surface area contributed by atoms with Gasteiger partial charge in [0.15, 0.2) is 0 Å². The fourth-order valence-electron chi connectivity index (χ4n) is 2.49. The van der Waals surface area contributed by atoms with Crippen LogP contribution in [0, 0.1) is 5.92 Å². The summed E-state index contributed by atoms with van der Waals surface area (Å²) in [6.45, 7) is 0. The predicted molar refractivity (Wildman–Crippen MR) is 98.8 cm³/mol. The molecular weight excluding hydrogens is 372 g/mol. The molecule has 0 aliphatic heterocycles. The highest BCUT2D eigenvalue weighted by Gasteiger charge is 2.24. The van der Waals surface area contributed by atoms with Gasteiger partial charge in [0.25, 0.3) is 10.0 Å². The maximum Gasteiger partial charge on any atom is 0.320 e. The second kappa shape index (κ2) is 8.65. The minimum absolute atomic E-state index is 0.0853. The Labute approximate surface area is 156 Å². The lowest BCUT2D eigenvalue weighted by atomic mass is 9.93. The smallest absolute Gasteiger partial charge is 0.320 e. The molecule has 0 unspecified atom stereocenters. The Hall–Kier alpha value is -2.91. The van der Waals surface area contributed by atoms with Crippen molar-refractivity contribution in [2.75, 3.05) is 4.72 Å². The van der Waals surface area contributed by atoms with E-state index in [9.17, 15) is 23.1 Å². The van der Waals surface area contributed by atoms with Crippen LogP contribution in [0.1, 0.15) is 12.0 Å². The molecule has 2 rings (SSSR count). The number of sulfonamides is 1. The Bertz CT molecular complexity index is 897. The maximum atomic E-state index is 12.3. The van der Waals surface area contributed by atoms with Gasteiger partial charge in [-0.05, 0) is 42.7 Å². The van der Waals surface area contributed by atoms with Gasteiger partial charge in [0.2, 0.25) is 0 Å². The van der Waals surface area contributed by atoms with Crippen LogP contribution in [0.5, 0.6) is 0 Å².